The topological polar surface area (TPSA) is 29.5 Å². The third-order valence-corrected chi connectivity index (χ3v) is 5.07. The van der Waals surface area contributed by atoms with Crippen LogP contribution in [0.5, 0.6) is 0 Å². The van der Waals surface area contributed by atoms with Crippen LogP contribution in [0.25, 0.3) is 0 Å². The van der Waals surface area contributed by atoms with Gasteiger partial charge in [0, 0.05) is 13.6 Å². The summed E-state index contributed by atoms with van der Waals surface area (Å²) >= 11 is 0. The fraction of sp³-hybridized carbons (Fsp3) is 0.941. The highest BCUT2D eigenvalue weighted by Crippen LogP contribution is 2.47. The number of amides is 1. The predicted octanol–water partition coefficient (Wildman–Crippen LogP) is 4.60. The van der Waals surface area contributed by atoms with Crippen molar-refractivity contribution in [1.29, 1.82) is 0 Å². The van der Waals surface area contributed by atoms with Gasteiger partial charge in [-0.1, -0.05) is 33.1 Å². The van der Waals surface area contributed by atoms with Crippen LogP contribution in [0.15, 0.2) is 0 Å². The molecule has 2 bridgehead atoms. The van der Waals surface area contributed by atoms with Crippen LogP contribution in [0.3, 0.4) is 0 Å². The lowest BCUT2D eigenvalue weighted by Crippen LogP contribution is -2.47. The fourth-order valence-electron chi connectivity index (χ4n) is 4.20. The Morgan fingerprint density at radius 1 is 1.35 bits per heavy atom. The molecule has 0 aromatic rings. The summed E-state index contributed by atoms with van der Waals surface area (Å²) in [6.45, 7) is 5.32. The number of nitrogens with zero attached hydrogens (tertiary/aromatic N) is 1. The number of unbranched alkanes of at least 4 members (excludes halogenated alkanes) is 2. The van der Waals surface area contributed by atoms with Crippen molar-refractivity contribution in [3.8, 4) is 0 Å². The monoisotopic (exact) mass is 281 g/mol. The first kappa shape index (κ1) is 15.7. The van der Waals surface area contributed by atoms with Crippen LogP contribution in [0, 0.1) is 11.8 Å². The number of ether oxygens (including phenoxy) is 1. The van der Waals surface area contributed by atoms with Crippen LogP contribution in [0.1, 0.15) is 71.6 Å². The van der Waals surface area contributed by atoms with Gasteiger partial charge in [-0.3, -0.25) is 0 Å². The van der Waals surface area contributed by atoms with Gasteiger partial charge in [0.05, 0.1) is 0 Å². The molecule has 0 radical (unpaired) electrons. The number of fused-ring (bicyclic) bond motifs is 2. The summed E-state index contributed by atoms with van der Waals surface area (Å²) in [5.41, 5.74) is -0.142. The van der Waals surface area contributed by atoms with E-state index in [1.165, 1.54) is 32.1 Å². The second-order valence-electron chi connectivity index (χ2n) is 7.19. The van der Waals surface area contributed by atoms with E-state index in [-0.39, 0.29) is 11.7 Å². The molecular weight excluding hydrogens is 250 g/mol. The highest BCUT2D eigenvalue weighted by molar-refractivity contribution is 5.67. The van der Waals surface area contributed by atoms with Crippen molar-refractivity contribution in [1.82, 2.24) is 4.90 Å². The Labute approximate surface area is 124 Å². The van der Waals surface area contributed by atoms with Gasteiger partial charge in [0.2, 0.25) is 0 Å². The quantitative estimate of drug-likeness (QED) is 0.689. The number of carbonyl (C=O) groups excluding carboxylic acids is 1. The summed E-state index contributed by atoms with van der Waals surface area (Å²) in [4.78, 5) is 14.1. The lowest BCUT2D eigenvalue weighted by Gasteiger charge is -2.47. The molecule has 2 saturated carbocycles. The molecule has 0 heterocycles. The Kier molecular flexibility index (Phi) is 5.34. The molecule has 3 atom stereocenters. The molecular formula is C17H31NO2. The largest absolute Gasteiger partial charge is 0.443 e. The second kappa shape index (κ2) is 6.82. The van der Waals surface area contributed by atoms with Gasteiger partial charge in [0.1, 0.15) is 5.60 Å². The Morgan fingerprint density at radius 3 is 2.90 bits per heavy atom. The molecule has 2 fully saturated rings. The van der Waals surface area contributed by atoms with Crippen LogP contribution < -0.4 is 0 Å². The highest BCUT2D eigenvalue weighted by Gasteiger charge is 2.45. The molecule has 0 aliphatic heterocycles. The predicted molar refractivity (Wildman–Crippen MR) is 81.7 cm³/mol. The standard InChI is InChI=1S/C17H31NO2/c1-4-5-6-10-18(3)16(19)20-17-9-7-8-15(13-17)11-14(2)12-17/h14-15H,4-13H2,1-3H3. The van der Waals surface area contributed by atoms with E-state index in [1.807, 2.05) is 7.05 Å². The van der Waals surface area contributed by atoms with Crippen LogP contribution in [-0.2, 0) is 4.74 Å². The van der Waals surface area contributed by atoms with Crippen molar-refractivity contribution >= 4 is 6.09 Å². The SMILES string of the molecule is CCCCCN(C)C(=O)OC12CCCC(CC(C)C1)C2. The van der Waals surface area contributed by atoms with Crippen LogP contribution in [0.4, 0.5) is 4.79 Å². The van der Waals surface area contributed by atoms with Crippen molar-refractivity contribution < 1.29 is 9.53 Å². The highest BCUT2D eigenvalue weighted by atomic mass is 16.6. The van der Waals surface area contributed by atoms with Gasteiger partial charge in [-0.05, 0) is 50.4 Å². The number of hydrogen-bond donors (Lipinski definition) is 0. The molecule has 0 aromatic heterocycles. The zero-order chi connectivity index (χ0) is 14.6. The smallest absolute Gasteiger partial charge is 0.410 e. The van der Waals surface area contributed by atoms with Crippen molar-refractivity contribution in [2.45, 2.75) is 77.2 Å². The fourth-order valence-corrected chi connectivity index (χ4v) is 4.20. The average molecular weight is 281 g/mol. The molecule has 20 heavy (non-hydrogen) atoms. The Hall–Kier alpha value is -0.730. The minimum absolute atomic E-state index is 0.101. The molecule has 2 aliphatic rings. The van der Waals surface area contributed by atoms with E-state index in [1.54, 1.807) is 4.90 Å². The van der Waals surface area contributed by atoms with E-state index in [0.29, 0.717) is 5.92 Å². The van der Waals surface area contributed by atoms with Crippen molar-refractivity contribution in [3.63, 3.8) is 0 Å². The van der Waals surface area contributed by atoms with E-state index >= 15 is 0 Å². The summed E-state index contributed by atoms with van der Waals surface area (Å²) in [6.07, 6.45) is 10.5. The Bertz CT molecular complexity index is 327. The van der Waals surface area contributed by atoms with Gasteiger partial charge in [0.15, 0.2) is 0 Å². The number of rotatable bonds is 5. The van der Waals surface area contributed by atoms with Crippen LogP contribution >= 0.6 is 0 Å². The molecule has 0 aromatic carbocycles. The minimum Gasteiger partial charge on any atom is -0.443 e. The van der Waals surface area contributed by atoms with Gasteiger partial charge in [-0.2, -0.15) is 0 Å². The van der Waals surface area contributed by atoms with Crippen molar-refractivity contribution in [2.24, 2.45) is 11.8 Å². The first-order chi connectivity index (χ1) is 9.54. The zero-order valence-corrected chi connectivity index (χ0v) is 13.5. The van der Waals surface area contributed by atoms with E-state index in [0.717, 1.165) is 38.1 Å². The summed E-state index contributed by atoms with van der Waals surface area (Å²) in [6, 6.07) is 0. The molecule has 2 rings (SSSR count). The van der Waals surface area contributed by atoms with Gasteiger partial charge in [0.25, 0.3) is 0 Å². The third kappa shape index (κ3) is 3.89. The molecule has 2 aliphatic carbocycles. The Balaban J connectivity index is 1.88. The average Bonchev–Trinajstić information content (AvgIpc) is 2.37. The first-order valence-corrected chi connectivity index (χ1v) is 8.49. The van der Waals surface area contributed by atoms with Crippen LogP contribution in [0.2, 0.25) is 0 Å². The molecule has 0 spiro atoms. The van der Waals surface area contributed by atoms with Crippen molar-refractivity contribution in [2.75, 3.05) is 13.6 Å². The Morgan fingerprint density at radius 2 is 2.15 bits per heavy atom. The molecule has 3 heteroatoms. The first-order valence-electron chi connectivity index (χ1n) is 8.49. The lowest BCUT2D eigenvalue weighted by molar-refractivity contribution is -0.0817. The molecule has 3 unspecified atom stereocenters. The molecule has 116 valence electrons. The van der Waals surface area contributed by atoms with Crippen LogP contribution in [-0.4, -0.2) is 30.2 Å². The molecule has 0 N–H and O–H groups in total. The van der Waals surface area contributed by atoms with E-state index in [4.69, 9.17) is 4.74 Å². The van der Waals surface area contributed by atoms with Gasteiger partial charge < -0.3 is 9.64 Å². The third-order valence-electron chi connectivity index (χ3n) is 5.07. The van der Waals surface area contributed by atoms with E-state index < -0.39 is 0 Å². The molecule has 3 nitrogen and oxygen atoms in total. The maximum Gasteiger partial charge on any atom is 0.410 e. The van der Waals surface area contributed by atoms with Gasteiger partial charge in [-0.15, -0.1) is 0 Å². The maximum absolute atomic E-state index is 12.3. The van der Waals surface area contributed by atoms with E-state index in [9.17, 15) is 4.79 Å². The minimum atomic E-state index is -0.142. The van der Waals surface area contributed by atoms with Crippen molar-refractivity contribution in [3.05, 3.63) is 0 Å². The summed E-state index contributed by atoms with van der Waals surface area (Å²) < 4.78 is 6.00. The number of hydrogen-bond acceptors (Lipinski definition) is 2. The normalized spacial score (nSPS) is 32.8. The zero-order valence-electron chi connectivity index (χ0n) is 13.5. The van der Waals surface area contributed by atoms with E-state index in [2.05, 4.69) is 13.8 Å². The second-order valence-corrected chi connectivity index (χ2v) is 7.19. The summed E-state index contributed by atoms with van der Waals surface area (Å²) in [7, 11) is 1.88. The molecule has 1 amide bonds. The van der Waals surface area contributed by atoms with Gasteiger partial charge >= 0.3 is 6.09 Å². The summed E-state index contributed by atoms with van der Waals surface area (Å²) in [5, 5.41) is 0. The van der Waals surface area contributed by atoms with Gasteiger partial charge in [-0.25, -0.2) is 4.79 Å². The molecule has 0 saturated heterocycles. The lowest BCUT2D eigenvalue weighted by atomic mass is 9.65. The maximum atomic E-state index is 12.3. The number of carbonyl (C=O) groups is 1. The summed E-state index contributed by atoms with van der Waals surface area (Å²) in [5.74, 6) is 1.48.